The zero-order valence-electron chi connectivity index (χ0n) is 12.5. The molecule has 5 heteroatoms. The van der Waals surface area contributed by atoms with Crippen LogP contribution >= 0.6 is 11.6 Å². The van der Waals surface area contributed by atoms with Crippen molar-refractivity contribution in [2.24, 2.45) is 0 Å². The Morgan fingerprint density at radius 3 is 2.70 bits per heavy atom. The number of anilines is 1. The number of fused-ring (bicyclic) bond motifs is 2. The van der Waals surface area contributed by atoms with E-state index in [9.17, 15) is 4.79 Å². The van der Waals surface area contributed by atoms with E-state index in [0.717, 1.165) is 30.8 Å². The average Bonchev–Trinajstić information content (AvgIpc) is 3.17. The van der Waals surface area contributed by atoms with Crippen LogP contribution in [-0.4, -0.2) is 25.1 Å². The highest BCUT2D eigenvalue weighted by molar-refractivity contribution is 6.31. The summed E-state index contributed by atoms with van der Waals surface area (Å²) in [7, 11) is 0. The van der Waals surface area contributed by atoms with Gasteiger partial charge in [0.15, 0.2) is 0 Å². The topological polar surface area (TPSA) is 50.4 Å². The SMILES string of the molecule is O=C(Nc1ccc(C23CN[C@@H](CO2)C3)cc1)c1cccc(Cl)c1. The highest BCUT2D eigenvalue weighted by atomic mass is 35.5. The summed E-state index contributed by atoms with van der Waals surface area (Å²) < 4.78 is 5.96. The Hall–Kier alpha value is -1.88. The van der Waals surface area contributed by atoms with Crippen molar-refractivity contribution in [3.63, 3.8) is 0 Å². The second kappa shape index (κ2) is 5.64. The molecule has 2 aliphatic heterocycles. The van der Waals surface area contributed by atoms with Crippen LogP contribution in [0.5, 0.6) is 0 Å². The van der Waals surface area contributed by atoms with Crippen molar-refractivity contribution in [1.82, 2.24) is 5.32 Å². The monoisotopic (exact) mass is 328 g/mol. The van der Waals surface area contributed by atoms with Crippen LogP contribution in [0.3, 0.4) is 0 Å². The Balaban J connectivity index is 1.49. The molecule has 2 bridgehead atoms. The first-order valence-electron chi connectivity index (χ1n) is 7.69. The van der Waals surface area contributed by atoms with E-state index in [-0.39, 0.29) is 11.5 Å². The highest BCUT2D eigenvalue weighted by Gasteiger charge is 2.47. The number of benzene rings is 2. The van der Waals surface area contributed by atoms with Crippen LogP contribution in [-0.2, 0) is 10.3 Å². The molecule has 2 saturated heterocycles. The molecule has 0 saturated carbocycles. The second-order valence-corrected chi connectivity index (χ2v) is 6.57. The molecule has 0 spiro atoms. The molecule has 2 aromatic rings. The number of morpholine rings is 1. The van der Waals surface area contributed by atoms with Crippen molar-refractivity contribution in [1.29, 1.82) is 0 Å². The Kier molecular flexibility index (Phi) is 3.60. The van der Waals surface area contributed by atoms with E-state index in [1.54, 1.807) is 24.3 Å². The molecule has 2 aromatic carbocycles. The summed E-state index contributed by atoms with van der Waals surface area (Å²) >= 11 is 5.92. The van der Waals surface area contributed by atoms with E-state index in [2.05, 4.69) is 10.6 Å². The number of carbonyl (C=O) groups is 1. The first-order valence-corrected chi connectivity index (χ1v) is 8.07. The van der Waals surface area contributed by atoms with Gasteiger partial charge < -0.3 is 15.4 Å². The van der Waals surface area contributed by atoms with E-state index in [4.69, 9.17) is 16.3 Å². The smallest absolute Gasteiger partial charge is 0.255 e. The molecule has 2 aliphatic rings. The van der Waals surface area contributed by atoms with Gasteiger partial charge in [0.05, 0.1) is 6.61 Å². The van der Waals surface area contributed by atoms with Gasteiger partial charge in [-0.3, -0.25) is 4.79 Å². The van der Waals surface area contributed by atoms with E-state index in [1.165, 1.54) is 0 Å². The molecular formula is C18H17ClN2O2. The van der Waals surface area contributed by atoms with Crippen molar-refractivity contribution in [2.75, 3.05) is 18.5 Å². The molecule has 0 radical (unpaired) electrons. The number of ether oxygens (including phenoxy) is 1. The maximum Gasteiger partial charge on any atom is 0.255 e. The van der Waals surface area contributed by atoms with Crippen molar-refractivity contribution < 1.29 is 9.53 Å². The van der Waals surface area contributed by atoms with Crippen LogP contribution in [0, 0.1) is 0 Å². The van der Waals surface area contributed by atoms with E-state index >= 15 is 0 Å². The molecule has 4 nitrogen and oxygen atoms in total. The Morgan fingerprint density at radius 1 is 1.26 bits per heavy atom. The van der Waals surface area contributed by atoms with Gasteiger partial charge in [-0.25, -0.2) is 0 Å². The summed E-state index contributed by atoms with van der Waals surface area (Å²) in [5.74, 6) is -0.168. The van der Waals surface area contributed by atoms with Gasteiger partial charge in [-0.1, -0.05) is 29.8 Å². The summed E-state index contributed by atoms with van der Waals surface area (Å²) in [5, 5.41) is 6.90. The predicted molar refractivity (Wildman–Crippen MR) is 89.9 cm³/mol. The number of rotatable bonds is 3. The number of hydrogen-bond donors (Lipinski definition) is 2. The van der Waals surface area contributed by atoms with E-state index in [0.29, 0.717) is 16.6 Å². The van der Waals surface area contributed by atoms with Gasteiger partial charge in [0.25, 0.3) is 5.91 Å². The fourth-order valence-electron chi connectivity index (χ4n) is 3.33. The molecule has 0 aliphatic carbocycles. The van der Waals surface area contributed by atoms with Crippen LogP contribution in [0.4, 0.5) is 5.69 Å². The normalized spacial score (nSPS) is 25.5. The fourth-order valence-corrected chi connectivity index (χ4v) is 3.52. The molecule has 118 valence electrons. The minimum absolute atomic E-state index is 0.168. The zero-order valence-corrected chi connectivity index (χ0v) is 13.3. The van der Waals surface area contributed by atoms with Crippen molar-refractivity contribution in [3.05, 3.63) is 64.7 Å². The molecule has 1 unspecified atom stereocenters. The van der Waals surface area contributed by atoms with Gasteiger partial charge in [-0.05, 0) is 42.3 Å². The lowest BCUT2D eigenvalue weighted by molar-refractivity contribution is -0.00957. The molecular weight excluding hydrogens is 312 g/mol. The third kappa shape index (κ3) is 2.74. The third-order valence-corrected chi connectivity index (χ3v) is 4.80. The molecule has 2 N–H and O–H groups in total. The van der Waals surface area contributed by atoms with Gasteiger partial charge >= 0.3 is 0 Å². The number of nitrogens with one attached hydrogen (secondary N) is 2. The molecule has 23 heavy (non-hydrogen) atoms. The number of amides is 1. The van der Waals surface area contributed by atoms with Crippen LogP contribution in [0.25, 0.3) is 0 Å². The maximum absolute atomic E-state index is 12.2. The summed E-state index contributed by atoms with van der Waals surface area (Å²) in [6.45, 7) is 1.62. The Morgan fingerprint density at radius 2 is 2.09 bits per heavy atom. The van der Waals surface area contributed by atoms with Gasteiger partial charge in [0, 0.05) is 28.9 Å². The number of carbonyl (C=O) groups excluding carboxylic acids is 1. The van der Waals surface area contributed by atoms with E-state index < -0.39 is 0 Å². The lowest BCUT2D eigenvalue weighted by Gasteiger charge is -2.27. The zero-order chi connectivity index (χ0) is 15.9. The summed E-state index contributed by atoms with van der Waals surface area (Å²) in [6.07, 6.45) is 1.02. The van der Waals surface area contributed by atoms with Gasteiger partial charge in [0.1, 0.15) is 5.60 Å². The Bertz CT molecular complexity index is 737. The standard InChI is InChI=1S/C18H17ClN2O2/c19-14-3-1-2-12(8-14)17(22)21-15-6-4-13(5-7-15)18-9-16(10-23-18)20-11-18/h1-8,16,20H,9-11H2,(H,21,22)/t16-,18?/m1/s1. The first-order chi connectivity index (χ1) is 11.1. The summed E-state index contributed by atoms with van der Waals surface area (Å²) in [5.41, 5.74) is 2.27. The van der Waals surface area contributed by atoms with Gasteiger partial charge in [-0.2, -0.15) is 0 Å². The lowest BCUT2D eigenvalue weighted by Crippen LogP contribution is -2.37. The molecule has 2 fully saturated rings. The second-order valence-electron chi connectivity index (χ2n) is 6.13. The van der Waals surface area contributed by atoms with Crippen LogP contribution in [0.2, 0.25) is 5.02 Å². The minimum atomic E-state index is -0.194. The minimum Gasteiger partial charge on any atom is -0.367 e. The van der Waals surface area contributed by atoms with E-state index in [1.807, 2.05) is 24.3 Å². The average molecular weight is 329 g/mol. The molecule has 2 atom stereocenters. The number of halogens is 1. The first kappa shape index (κ1) is 14.7. The van der Waals surface area contributed by atoms with Crippen LogP contribution in [0.1, 0.15) is 22.3 Å². The highest BCUT2D eigenvalue weighted by Crippen LogP contribution is 2.40. The maximum atomic E-state index is 12.2. The molecule has 4 rings (SSSR count). The number of hydrogen-bond acceptors (Lipinski definition) is 3. The van der Waals surface area contributed by atoms with Crippen molar-refractivity contribution in [3.8, 4) is 0 Å². The molecule has 2 heterocycles. The fraction of sp³-hybridized carbons (Fsp3) is 0.278. The van der Waals surface area contributed by atoms with Crippen molar-refractivity contribution in [2.45, 2.75) is 18.1 Å². The van der Waals surface area contributed by atoms with Gasteiger partial charge in [-0.15, -0.1) is 0 Å². The van der Waals surface area contributed by atoms with Crippen molar-refractivity contribution >= 4 is 23.2 Å². The predicted octanol–water partition coefficient (Wildman–Crippen LogP) is 3.18. The molecule has 0 aromatic heterocycles. The quantitative estimate of drug-likeness (QED) is 0.910. The third-order valence-electron chi connectivity index (χ3n) is 4.57. The summed E-state index contributed by atoms with van der Waals surface area (Å²) in [6, 6.07) is 15.3. The lowest BCUT2D eigenvalue weighted by atomic mass is 9.93. The molecule has 1 amide bonds. The van der Waals surface area contributed by atoms with Gasteiger partial charge in [0.2, 0.25) is 0 Å². The largest absolute Gasteiger partial charge is 0.367 e. The van der Waals surface area contributed by atoms with Crippen LogP contribution < -0.4 is 10.6 Å². The van der Waals surface area contributed by atoms with Crippen LogP contribution in [0.15, 0.2) is 48.5 Å². The Labute approximate surface area is 139 Å². The summed E-state index contributed by atoms with van der Waals surface area (Å²) in [4.78, 5) is 12.2.